The lowest BCUT2D eigenvalue weighted by molar-refractivity contribution is 0.634. The lowest BCUT2D eigenvalue weighted by Crippen LogP contribution is -2.31. The molecule has 100 valence electrons. The van der Waals surface area contributed by atoms with E-state index in [0.717, 1.165) is 17.0 Å². The summed E-state index contributed by atoms with van der Waals surface area (Å²) in [5.74, 6) is 1.15. The van der Waals surface area contributed by atoms with Crippen LogP contribution in [0.25, 0.3) is 11.0 Å². The molecule has 5 nitrogen and oxygen atoms in total. The summed E-state index contributed by atoms with van der Waals surface area (Å²) in [6.07, 6.45) is -0.140. The van der Waals surface area contributed by atoms with Gasteiger partial charge in [-0.25, -0.2) is 9.98 Å². The minimum atomic E-state index is -0.140. The van der Waals surface area contributed by atoms with Gasteiger partial charge < -0.3 is 5.73 Å². The van der Waals surface area contributed by atoms with E-state index in [1.54, 1.807) is 11.3 Å². The first-order valence-electron chi connectivity index (χ1n) is 6.35. The van der Waals surface area contributed by atoms with Gasteiger partial charge in [-0.1, -0.05) is 12.1 Å². The third-order valence-corrected chi connectivity index (χ3v) is 4.54. The largest absolute Gasteiger partial charge is 0.370 e. The van der Waals surface area contributed by atoms with Gasteiger partial charge in [-0.05, 0) is 36.1 Å². The smallest absolute Gasteiger partial charge is 0.212 e. The molecule has 0 unspecified atom stereocenters. The second-order valence-electron chi connectivity index (χ2n) is 4.77. The Labute approximate surface area is 119 Å². The van der Waals surface area contributed by atoms with Crippen molar-refractivity contribution >= 4 is 34.3 Å². The van der Waals surface area contributed by atoms with Crippen LogP contribution >= 0.6 is 11.3 Å². The number of thiophene rings is 1. The first kappa shape index (κ1) is 11.5. The fourth-order valence-electron chi connectivity index (χ4n) is 2.54. The number of aryl methyl sites for hydroxylation is 1. The molecule has 0 bridgehead atoms. The number of nitrogens with two attached hydrogens (primary N) is 1. The lowest BCUT2D eigenvalue weighted by Gasteiger charge is -2.23. The number of nitrogens with zero attached hydrogens (tertiary/aromatic N) is 3. The Hall–Kier alpha value is -2.34. The Kier molecular flexibility index (Phi) is 2.34. The maximum absolute atomic E-state index is 5.91. The number of benzene rings is 1. The number of hydrogen-bond acceptors (Lipinski definition) is 5. The summed E-state index contributed by atoms with van der Waals surface area (Å²) in [5, 5.41) is 5.13. The van der Waals surface area contributed by atoms with Crippen LogP contribution in [-0.2, 0) is 0 Å². The van der Waals surface area contributed by atoms with Crippen LogP contribution in [0.15, 0.2) is 40.7 Å². The van der Waals surface area contributed by atoms with Crippen molar-refractivity contribution in [3.63, 3.8) is 0 Å². The molecule has 0 fully saturated rings. The number of guanidine groups is 1. The van der Waals surface area contributed by atoms with Crippen LogP contribution in [0.4, 0.5) is 5.95 Å². The quantitative estimate of drug-likeness (QED) is 0.721. The third-order valence-electron chi connectivity index (χ3n) is 3.48. The average Bonchev–Trinajstić information content (AvgIpc) is 3.00. The Bertz CT molecular complexity index is 829. The number of anilines is 1. The van der Waals surface area contributed by atoms with Crippen molar-refractivity contribution in [2.24, 2.45) is 10.7 Å². The summed E-state index contributed by atoms with van der Waals surface area (Å²) in [5.41, 5.74) is 9.14. The number of nitrogens with one attached hydrogen (secondary N) is 1. The normalized spacial score (nSPS) is 17.6. The molecule has 1 aliphatic rings. The molecule has 1 aliphatic heterocycles. The zero-order valence-electron chi connectivity index (χ0n) is 10.9. The Morgan fingerprint density at radius 3 is 2.95 bits per heavy atom. The highest BCUT2D eigenvalue weighted by atomic mass is 32.1. The van der Waals surface area contributed by atoms with Gasteiger partial charge in [0.05, 0.1) is 15.9 Å². The van der Waals surface area contributed by atoms with E-state index in [1.165, 1.54) is 10.4 Å². The van der Waals surface area contributed by atoms with Crippen molar-refractivity contribution in [3.05, 3.63) is 46.2 Å². The molecule has 6 heteroatoms. The number of hydrogen-bond donors (Lipinski definition) is 2. The molecule has 3 N–H and O–H groups in total. The summed E-state index contributed by atoms with van der Waals surface area (Å²) in [6.45, 7) is 2.10. The summed E-state index contributed by atoms with van der Waals surface area (Å²) in [6, 6.07) is 10.2. The van der Waals surface area contributed by atoms with Crippen LogP contribution in [0.1, 0.15) is 16.6 Å². The topological polar surface area (TPSA) is 68.2 Å². The van der Waals surface area contributed by atoms with Gasteiger partial charge in [-0.2, -0.15) is 0 Å². The number of aromatic nitrogens is 2. The van der Waals surface area contributed by atoms with Gasteiger partial charge in [0.25, 0.3) is 0 Å². The van der Waals surface area contributed by atoms with Gasteiger partial charge in [-0.15, -0.1) is 11.3 Å². The van der Waals surface area contributed by atoms with E-state index in [0.29, 0.717) is 5.96 Å². The molecule has 1 atom stereocenters. The van der Waals surface area contributed by atoms with Crippen LogP contribution < -0.4 is 11.1 Å². The van der Waals surface area contributed by atoms with Crippen molar-refractivity contribution < 1.29 is 0 Å². The van der Waals surface area contributed by atoms with Crippen LogP contribution in [0.5, 0.6) is 0 Å². The van der Waals surface area contributed by atoms with E-state index in [1.807, 2.05) is 18.2 Å². The second-order valence-corrected chi connectivity index (χ2v) is 5.72. The molecule has 0 saturated heterocycles. The molecule has 20 heavy (non-hydrogen) atoms. The number of para-hydroxylation sites is 2. The molecular weight excluding hydrogens is 270 g/mol. The minimum Gasteiger partial charge on any atom is -0.370 e. The summed E-state index contributed by atoms with van der Waals surface area (Å²) in [4.78, 5) is 10.3. The highest BCUT2D eigenvalue weighted by Crippen LogP contribution is 2.35. The molecule has 0 radical (unpaired) electrons. The zero-order valence-corrected chi connectivity index (χ0v) is 11.7. The Morgan fingerprint density at radius 2 is 2.15 bits per heavy atom. The summed E-state index contributed by atoms with van der Waals surface area (Å²) < 4.78 is 2.10. The van der Waals surface area contributed by atoms with Crippen molar-refractivity contribution in [3.8, 4) is 0 Å². The SMILES string of the molecule is Cc1ccsc1[C@H]1N=C(N)Nc2nc3ccccc3n21. The van der Waals surface area contributed by atoms with Gasteiger partial charge in [0, 0.05) is 0 Å². The van der Waals surface area contributed by atoms with Gasteiger partial charge in [0.15, 0.2) is 12.1 Å². The van der Waals surface area contributed by atoms with E-state index < -0.39 is 0 Å². The molecule has 1 aromatic carbocycles. The van der Waals surface area contributed by atoms with E-state index in [9.17, 15) is 0 Å². The third kappa shape index (κ3) is 1.55. The van der Waals surface area contributed by atoms with Crippen LogP contribution in [0.2, 0.25) is 0 Å². The molecule has 2 aromatic heterocycles. The Balaban J connectivity index is 2.01. The monoisotopic (exact) mass is 283 g/mol. The van der Waals surface area contributed by atoms with E-state index in [-0.39, 0.29) is 6.17 Å². The fourth-order valence-corrected chi connectivity index (χ4v) is 3.49. The number of rotatable bonds is 1. The molecule has 0 saturated carbocycles. The van der Waals surface area contributed by atoms with E-state index in [4.69, 9.17) is 5.73 Å². The molecule has 3 aromatic rings. The number of imidazole rings is 1. The first-order chi connectivity index (χ1) is 9.74. The number of fused-ring (bicyclic) bond motifs is 3. The van der Waals surface area contributed by atoms with Crippen LogP contribution in [-0.4, -0.2) is 15.5 Å². The van der Waals surface area contributed by atoms with Gasteiger partial charge in [-0.3, -0.25) is 9.88 Å². The predicted molar refractivity (Wildman–Crippen MR) is 82.2 cm³/mol. The number of aliphatic imine (C=N–C) groups is 1. The molecule has 4 rings (SSSR count). The lowest BCUT2D eigenvalue weighted by atomic mass is 10.2. The van der Waals surface area contributed by atoms with Gasteiger partial charge >= 0.3 is 0 Å². The first-order valence-corrected chi connectivity index (χ1v) is 7.23. The van der Waals surface area contributed by atoms with Crippen molar-refractivity contribution in [2.75, 3.05) is 5.32 Å². The Morgan fingerprint density at radius 1 is 1.30 bits per heavy atom. The average molecular weight is 283 g/mol. The molecule has 0 aliphatic carbocycles. The maximum atomic E-state index is 5.91. The summed E-state index contributed by atoms with van der Waals surface area (Å²) in [7, 11) is 0. The van der Waals surface area contributed by atoms with E-state index in [2.05, 4.69) is 44.3 Å². The minimum absolute atomic E-state index is 0.140. The van der Waals surface area contributed by atoms with Gasteiger partial charge in [0.2, 0.25) is 5.95 Å². The van der Waals surface area contributed by atoms with E-state index >= 15 is 0 Å². The molecular formula is C14H13N5S. The zero-order chi connectivity index (χ0) is 13.7. The fraction of sp³-hybridized carbons (Fsp3) is 0.143. The molecule has 0 spiro atoms. The summed E-state index contributed by atoms with van der Waals surface area (Å²) >= 11 is 1.69. The van der Waals surface area contributed by atoms with Crippen molar-refractivity contribution in [2.45, 2.75) is 13.1 Å². The van der Waals surface area contributed by atoms with Crippen molar-refractivity contribution in [1.82, 2.24) is 9.55 Å². The highest BCUT2D eigenvalue weighted by Gasteiger charge is 2.26. The second kappa shape index (κ2) is 4.08. The highest BCUT2D eigenvalue weighted by molar-refractivity contribution is 7.10. The standard InChI is InChI=1S/C14H13N5S/c1-8-6-7-20-11(8)12-17-13(15)18-14-16-9-4-2-3-5-10(9)19(12)14/h2-7,12H,1H3,(H3,15,16,17,18)/t12-/m0/s1. The van der Waals surface area contributed by atoms with Crippen LogP contribution in [0, 0.1) is 6.92 Å². The van der Waals surface area contributed by atoms with Crippen molar-refractivity contribution in [1.29, 1.82) is 0 Å². The maximum Gasteiger partial charge on any atom is 0.212 e. The van der Waals surface area contributed by atoms with Gasteiger partial charge in [0.1, 0.15) is 0 Å². The predicted octanol–water partition coefficient (Wildman–Crippen LogP) is 2.69. The molecule has 3 heterocycles. The van der Waals surface area contributed by atoms with Crippen LogP contribution in [0.3, 0.4) is 0 Å². The molecule has 0 amide bonds.